The highest BCUT2D eigenvalue weighted by Gasteiger charge is 2.15. The topological polar surface area (TPSA) is 117 Å². The smallest absolute Gasteiger partial charge is 0.255 e. The molecule has 7 nitrogen and oxygen atoms in total. The Hall–Kier alpha value is -2.18. The van der Waals surface area contributed by atoms with E-state index in [9.17, 15) is 0 Å². The van der Waals surface area contributed by atoms with E-state index in [1.165, 1.54) is 6.33 Å². The van der Waals surface area contributed by atoms with Crippen molar-refractivity contribution in [3.8, 4) is 11.5 Å². The molecule has 2 heterocycles. The van der Waals surface area contributed by atoms with Crippen molar-refractivity contribution in [3.05, 3.63) is 12.2 Å². The summed E-state index contributed by atoms with van der Waals surface area (Å²) in [5.74, 6) is 1.23. The van der Waals surface area contributed by atoms with Crippen LogP contribution in [-0.4, -0.2) is 20.2 Å². The Morgan fingerprint density at radius 1 is 1.20 bits per heavy atom. The molecular formula is C8H10N6O. The summed E-state index contributed by atoms with van der Waals surface area (Å²) in [5.41, 5.74) is 11.7. The highest BCUT2D eigenvalue weighted by Crippen LogP contribution is 2.26. The van der Waals surface area contributed by atoms with Crippen LogP contribution in [-0.2, 0) is 6.42 Å². The van der Waals surface area contributed by atoms with Crippen molar-refractivity contribution in [1.82, 2.24) is 20.2 Å². The van der Waals surface area contributed by atoms with Crippen molar-refractivity contribution in [2.45, 2.75) is 13.3 Å². The number of nitrogens with zero attached hydrogens (tertiary/aromatic N) is 4. The number of hydrogen-bond donors (Lipinski definition) is 2. The van der Waals surface area contributed by atoms with Crippen LogP contribution in [0.5, 0.6) is 0 Å². The van der Waals surface area contributed by atoms with Gasteiger partial charge in [-0.1, -0.05) is 6.92 Å². The van der Waals surface area contributed by atoms with Crippen LogP contribution >= 0.6 is 0 Å². The Kier molecular flexibility index (Phi) is 2.20. The second-order valence-electron chi connectivity index (χ2n) is 2.87. The molecule has 0 atom stereocenters. The molecule has 0 unspecified atom stereocenters. The van der Waals surface area contributed by atoms with Gasteiger partial charge in [0.25, 0.3) is 5.89 Å². The Morgan fingerprint density at radius 2 is 1.87 bits per heavy atom. The van der Waals surface area contributed by atoms with E-state index in [4.69, 9.17) is 15.9 Å². The lowest BCUT2D eigenvalue weighted by Crippen LogP contribution is -2.01. The average molecular weight is 206 g/mol. The molecule has 0 saturated carbocycles. The zero-order valence-electron chi connectivity index (χ0n) is 8.14. The van der Waals surface area contributed by atoms with Gasteiger partial charge in [-0.25, -0.2) is 9.97 Å². The number of rotatable bonds is 2. The zero-order valence-corrected chi connectivity index (χ0v) is 8.14. The Labute approximate surface area is 85.5 Å². The first-order valence-corrected chi connectivity index (χ1v) is 4.41. The van der Waals surface area contributed by atoms with Gasteiger partial charge in [0.1, 0.15) is 23.5 Å². The van der Waals surface area contributed by atoms with Gasteiger partial charge in [0, 0.05) is 6.42 Å². The van der Waals surface area contributed by atoms with Gasteiger partial charge >= 0.3 is 0 Å². The van der Waals surface area contributed by atoms with Crippen LogP contribution in [0.25, 0.3) is 11.5 Å². The highest BCUT2D eigenvalue weighted by molar-refractivity contribution is 5.76. The van der Waals surface area contributed by atoms with Crippen LogP contribution in [0.15, 0.2) is 10.7 Å². The maximum absolute atomic E-state index is 5.65. The van der Waals surface area contributed by atoms with Gasteiger partial charge in [-0.05, 0) is 0 Å². The normalized spacial score (nSPS) is 10.5. The average Bonchev–Trinajstić information content (AvgIpc) is 2.66. The van der Waals surface area contributed by atoms with E-state index >= 15 is 0 Å². The molecule has 0 aromatic carbocycles. The predicted octanol–water partition coefficient (Wildman–Crippen LogP) is 0.253. The third kappa shape index (κ3) is 1.58. The van der Waals surface area contributed by atoms with Crippen molar-refractivity contribution in [3.63, 3.8) is 0 Å². The van der Waals surface area contributed by atoms with Gasteiger partial charge in [-0.2, -0.15) is 0 Å². The Morgan fingerprint density at radius 3 is 2.40 bits per heavy atom. The molecule has 7 heteroatoms. The molecule has 0 aliphatic rings. The van der Waals surface area contributed by atoms with Crippen LogP contribution in [0.4, 0.5) is 11.6 Å². The second-order valence-corrected chi connectivity index (χ2v) is 2.87. The largest absolute Gasteiger partial charge is 0.420 e. The molecular weight excluding hydrogens is 196 g/mol. The van der Waals surface area contributed by atoms with E-state index in [0.717, 1.165) is 0 Å². The minimum Gasteiger partial charge on any atom is -0.420 e. The summed E-state index contributed by atoms with van der Waals surface area (Å²) in [7, 11) is 0. The summed E-state index contributed by atoms with van der Waals surface area (Å²) in [4.78, 5) is 7.62. The Balaban J connectivity index is 2.53. The van der Waals surface area contributed by atoms with E-state index in [2.05, 4.69) is 20.2 Å². The van der Waals surface area contributed by atoms with Crippen molar-refractivity contribution in [1.29, 1.82) is 0 Å². The summed E-state index contributed by atoms with van der Waals surface area (Å²) in [6.45, 7) is 1.91. The monoisotopic (exact) mass is 206 g/mol. The fraction of sp³-hybridized carbons (Fsp3) is 0.250. The van der Waals surface area contributed by atoms with Gasteiger partial charge in [0.15, 0.2) is 0 Å². The molecule has 2 aromatic rings. The first kappa shape index (κ1) is 9.38. The third-order valence-corrected chi connectivity index (χ3v) is 1.89. The standard InChI is InChI=1S/C8H10N6O/c1-2-4-13-14-8(15-4)5-6(9)11-3-12-7(5)10/h3H,2H2,1H3,(H4,9,10,11,12). The zero-order chi connectivity index (χ0) is 10.8. The van der Waals surface area contributed by atoms with E-state index in [1.54, 1.807) is 0 Å². The second kappa shape index (κ2) is 3.52. The lowest BCUT2D eigenvalue weighted by Gasteiger charge is -2.01. The van der Waals surface area contributed by atoms with Crippen molar-refractivity contribution in [2.75, 3.05) is 11.5 Å². The molecule has 0 aliphatic carbocycles. The number of hydrogen-bond acceptors (Lipinski definition) is 7. The van der Waals surface area contributed by atoms with Crippen LogP contribution in [0.2, 0.25) is 0 Å². The predicted molar refractivity (Wildman–Crippen MR) is 53.5 cm³/mol. The summed E-state index contributed by atoms with van der Waals surface area (Å²) in [6, 6.07) is 0. The van der Waals surface area contributed by atoms with Gasteiger partial charge in [0.05, 0.1) is 0 Å². The number of nitrogen functional groups attached to an aromatic ring is 2. The first-order valence-electron chi connectivity index (χ1n) is 4.41. The van der Waals surface area contributed by atoms with Crippen LogP contribution < -0.4 is 11.5 Å². The third-order valence-electron chi connectivity index (χ3n) is 1.89. The molecule has 78 valence electrons. The van der Waals surface area contributed by atoms with E-state index < -0.39 is 0 Å². The van der Waals surface area contributed by atoms with E-state index in [1.807, 2.05) is 6.92 Å². The molecule has 0 fully saturated rings. The van der Waals surface area contributed by atoms with Crippen LogP contribution in [0, 0.1) is 0 Å². The number of aryl methyl sites for hydroxylation is 1. The van der Waals surface area contributed by atoms with Crippen molar-refractivity contribution < 1.29 is 4.42 Å². The molecule has 15 heavy (non-hydrogen) atoms. The van der Waals surface area contributed by atoms with Gasteiger partial charge < -0.3 is 15.9 Å². The first-order chi connectivity index (χ1) is 7.22. The summed E-state index contributed by atoms with van der Waals surface area (Å²) < 4.78 is 5.32. The number of aromatic nitrogens is 4. The minimum atomic E-state index is 0.230. The minimum absolute atomic E-state index is 0.230. The maximum atomic E-state index is 5.65. The highest BCUT2D eigenvalue weighted by atomic mass is 16.4. The van der Waals surface area contributed by atoms with Gasteiger partial charge in [0.2, 0.25) is 5.89 Å². The van der Waals surface area contributed by atoms with Crippen LogP contribution in [0.3, 0.4) is 0 Å². The summed E-state index contributed by atoms with van der Waals surface area (Å²) in [5, 5.41) is 7.63. The molecule has 0 saturated heterocycles. The number of anilines is 2. The van der Waals surface area contributed by atoms with Crippen molar-refractivity contribution in [2.24, 2.45) is 0 Å². The van der Waals surface area contributed by atoms with E-state index in [-0.39, 0.29) is 17.5 Å². The molecule has 0 aliphatic heterocycles. The maximum Gasteiger partial charge on any atom is 0.255 e. The lowest BCUT2D eigenvalue weighted by molar-refractivity contribution is 0.513. The van der Waals surface area contributed by atoms with Gasteiger partial charge in [-0.15, -0.1) is 10.2 Å². The molecule has 2 aromatic heterocycles. The van der Waals surface area contributed by atoms with Crippen LogP contribution in [0.1, 0.15) is 12.8 Å². The molecule has 0 amide bonds. The molecule has 0 bridgehead atoms. The fourth-order valence-electron chi connectivity index (χ4n) is 1.13. The molecule has 2 rings (SSSR count). The quantitative estimate of drug-likeness (QED) is 0.723. The number of nitrogens with two attached hydrogens (primary N) is 2. The summed E-state index contributed by atoms with van der Waals surface area (Å²) in [6.07, 6.45) is 1.94. The van der Waals surface area contributed by atoms with Gasteiger partial charge in [-0.3, -0.25) is 0 Å². The molecule has 0 radical (unpaired) electrons. The fourth-order valence-corrected chi connectivity index (χ4v) is 1.13. The van der Waals surface area contributed by atoms with Crippen molar-refractivity contribution >= 4 is 11.6 Å². The summed E-state index contributed by atoms with van der Waals surface area (Å²) >= 11 is 0. The van der Waals surface area contributed by atoms with E-state index in [0.29, 0.717) is 17.9 Å². The SMILES string of the molecule is CCc1nnc(-c2c(N)ncnc2N)o1. The molecule has 4 N–H and O–H groups in total. The Bertz CT molecular complexity index is 459. The lowest BCUT2D eigenvalue weighted by atomic mass is 10.3. The molecule has 0 spiro atoms.